The van der Waals surface area contributed by atoms with Gasteiger partial charge in [-0.15, -0.1) is 0 Å². The van der Waals surface area contributed by atoms with Crippen LogP contribution in [-0.2, 0) is 0 Å². The summed E-state index contributed by atoms with van der Waals surface area (Å²) in [6.45, 7) is 0.547. The Morgan fingerprint density at radius 1 is 1.50 bits per heavy atom. The Kier molecular flexibility index (Phi) is 5.41. The summed E-state index contributed by atoms with van der Waals surface area (Å²) in [5.41, 5.74) is 1.92. The number of nitrogens with one attached hydrogen (secondary N) is 3. The summed E-state index contributed by atoms with van der Waals surface area (Å²) < 4.78 is 0. The van der Waals surface area contributed by atoms with E-state index in [1.165, 1.54) is 4.90 Å². The maximum Gasteiger partial charge on any atom is 0.329 e. The van der Waals surface area contributed by atoms with Crippen LogP contribution in [0.5, 0.6) is 0 Å². The zero-order valence-electron chi connectivity index (χ0n) is 11.1. The van der Waals surface area contributed by atoms with Gasteiger partial charge in [-0.05, 0) is 0 Å². The molecule has 0 aliphatic heterocycles. The minimum absolute atomic E-state index is 0.0250. The number of carbonyl (C=O) groups is 1. The number of nitro groups is 1. The molecule has 1 aromatic heterocycles. The number of hydrogen-bond donors (Lipinski definition) is 4. The topological polar surface area (TPSA) is 151 Å². The third-order valence-electron chi connectivity index (χ3n) is 2.20. The molecule has 0 fully saturated rings. The Labute approximate surface area is 114 Å². The van der Waals surface area contributed by atoms with Crippen LogP contribution in [0.1, 0.15) is 0 Å². The lowest BCUT2D eigenvalue weighted by Gasteiger charge is -2.12. The summed E-state index contributed by atoms with van der Waals surface area (Å²) in [6.07, 6.45) is 1.04. The van der Waals surface area contributed by atoms with Crippen molar-refractivity contribution in [3.63, 3.8) is 0 Å². The maximum atomic E-state index is 11.3. The Balaban J connectivity index is 2.62. The number of anilines is 2. The molecule has 11 nitrogen and oxygen atoms in total. The van der Waals surface area contributed by atoms with Crippen LogP contribution in [0.4, 0.5) is 22.2 Å². The predicted octanol–water partition coefficient (Wildman–Crippen LogP) is -0.646. The largest absolute Gasteiger partial charge is 0.362 e. The van der Waals surface area contributed by atoms with E-state index in [2.05, 4.69) is 26.0 Å². The first-order chi connectivity index (χ1) is 9.45. The highest BCUT2D eigenvalue weighted by atomic mass is 16.6. The fourth-order valence-corrected chi connectivity index (χ4v) is 1.22. The number of nitrogen functional groups attached to an aromatic ring is 1. The smallest absolute Gasteiger partial charge is 0.329 e. The van der Waals surface area contributed by atoms with Crippen molar-refractivity contribution in [1.82, 2.24) is 20.2 Å². The summed E-state index contributed by atoms with van der Waals surface area (Å²) >= 11 is 0. The number of rotatable bonds is 6. The third-order valence-corrected chi connectivity index (χ3v) is 2.20. The average molecular weight is 284 g/mol. The van der Waals surface area contributed by atoms with Crippen LogP contribution >= 0.6 is 0 Å². The predicted molar refractivity (Wildman–Crippen MR) is 72.1 cm³/mol. The van der Waals surface area contributed by atoms with E-state index in [1.54, 1.807) is 14.1 Å². The molecular weight excluding hydrogens is 268 g/mol. The van der Waals surface area contributed by atoms with Gasteiger partial charge in [0.2, 0.25) is 11.8 Å². The SMILES string of the molecule is CN(C)C(=O)NCCNc1nc(NN)ncc1[N+](=O)[O-]. The van der Waals surface area contributed by atoms with E-state index < -0.39 is 4.92 Å². The lowest BCUT2D eigenvalue weighted by atomic mass is 10.4. The van der Waals surface area contributed by atoms with Gasteiger partial charge < -0.3 is 15.5 Å². The standard InChI is InChI=1S/C9H16N8O3/c1-16(2)9(18)12-4-3-11-7-6(17(19)20)5-13-8(14-7)15-10/h5H,3-4,10H2,1-2H3,(H,12,18)(H2,11,13,14,15). The van der Waals surface area contributed by atoms with Gasteiger partial charge >= 0.3 is 11.7 Å². The van der Waals surface area contributed by atoms with Crippen molar-refractivity contribution in [2.75, 3.05) is 37.9 Å². The zero-order valence-corrected chi connectivity index (χ0v) is 11.1. The molecular formula is C9H16N8O3. The molecule has 2 amide bonds. The van der Waals surface area contributed by atoms with Gasteiger partial charge in [0.1, 0.15) is 6.20 Å². The first-order valence-corrected chi connectivity index (χ1v) is 5.62. The summed E-state index contributed by atoms with van der Waals surface area (Å²) in [6, 6.07) is -0.256. The van der Waals surface area contributed by atoms with Crippen LogP contribution in [0.25, 0.3) is 0 Å². The van der Waals surface area contributed by atoms with Crippen LogP contribution in [0.3, 0.4) is 0 Å². The average Bonchev–Trinajstić information content (AvgIpc) is 2.42. The lowest BCUT2D eigenvalue weighted by Crippen LogP contribution is -2.37. The molecule has 1 rings (SSSR count). The normalized spacial score (nSPS) is 9.75. The summed E-state index contributed by atoms with van der Waals surface area (Å²) in [5.74, 6) is 5.21. The zero-order chi connectivity index (χ0) is 15.1. The van der Waals surface area contributed by atoms with Crippen molar-refractivity contribution in [3.8, 4) is 0 Å². The second kappa shape index (κ2) is 7.04. The van der Waals surface area contributed by atoms with Gasteiger partial charge in [0.05, 0.1) is 4.92 Å². The first kappa shape index (κ1) is 15.4. The Bertz CT molecular complexity index is 492. The first-order valence-electron chi connectivity index (χ1n) is 5.62. The molecule has 20 heavy (non-hydrogen) atoms. The molecule has 0 bridgehead atoms. The van der Waals surface area contributed by atoms with E-state index in [9.17, 15) is 14.9 Å². The van der Waals surface area contributed by atoms with Gasteiger partial charge in [0, 0.05) is 27.2 Å². The molecule has 0 aliphatic carbocycles. The number of hydrogen-bond acceptors (Lipinski definition) is 8. The van der Waals surface area contributed by atoms with Crippen molar-refractivity contribution in [3.05, 3.63) is 16.3 Å². The molecule has 5 N–H and O–H groups in total. The minimum atomic E-state index is -0.610. The number of nitrogens with zero attached hydrogens (tertiary/aromatic N) is 4. The molecule has 11 heteroatoms. The van der Waals surface area contributed by atoms with Crippen LogP contribution in [0.2, 0.25) is 0 Å². The van der Waals surface area contributed by atoms with E-state index in [4.69, 9.17) is 5.84 Å². The van der Waals surface area contributed by atoms with Gasteiger partial charge in [0.25, 0.3) is 0 Å². The Morgan fingerprint density at radius 2 is 2.20 bits per heavy atom. The van der Waals surface area contributed by atoms with Gasteiger partial charge in [-0.1, -0.05) is 0 Å². The van der Waals surface area contributed by atoms with Crippen molar-refractivity contribution in [2.24, 2.45) is 5.84 Å². The lowest BCUT2D eigenvalue weighted by molar-refractivity contribution is -0.384. The van der Waals surface area contributed by atoms with Crippen molar-refractivity contribution in [2.45, 2.75) is 0 Å². The monoisotopic (exact) mass is 284 g/mol. The van der Waals surface area contributed by atoms with E-state index in [0.717, 1.165) is 6.20 Å². The second-order valence-electron chi connectivity index (χ2n) is 3.88. The Morgan fingerprint density at radius 3 is 2.75 bits per heavy atom. The Hall–Kier alpha value is -2.69. The fraction of sp³-hybridized carbons (Fsp3) is 0.444. The van der Waals surface area contributed by atoms with Gasteiger partial charge in [-0.3, -0.25) is 15.5 Å². The van der Waals surface area contributed by atoms with E-state index in [0.29, 0.717) is 0 Å². The van der Waals surface area contributed by atoms with E-state index >= 15 is 0 Å². The van der Waals surface area contributed by atoms with Crippen LogP contribution in [0.15, 0.2) is 6.20 Å². The van der Waals surface area contributed by atoms with Crippen molar-refractivity contribution >= 4 is 23.5 Å². The third kappa shape index (κ3) is 4.20. The molecule has 1 aromatic rings. The summed E-state index contributed by atoms with van der Waals surface area (Å²) in [4.78, 5) is 30.3. The van der Waals surface area contributed by atoms with Crippen LogP contribution in [0, 0.1) is 10.1 Å². The minimum Gasteiger partial charge on any atom is -0.362 e. The number of nitrogens with two attached hydrogens (primary N) is 1. The number of aromatic nitrogens is 2. The molecule has 0 aromatic carbocycles. The molecule has 0 unspecified atom stereocenters. The molecule has 1 heterocycles. The van der Waals surface area contributed by atoms with E-state index in [-0.39, 0.29) is 36.6 Å². The van der Waals surface area contributed by atoms with E-state index in [1.807, 2.05) is 0 Å². The molecule has 0 aliphatic rings. The van der Waals surface area contributed by atoms with Gasteiger partial charge in [0.15, 0.2) is 0 Å². The van der Waals surface area contributed by atoms with Gasteiger partial charge in [-0.2, -0.15) is 4.98 Å². The molecule has 0 atom stereocenters. The highest BCUT2D eigenvalue weighted by Gasteiger charge is 2.16. The van der Waals surface area contributed by atoms with Crippen molar-refractivity contribution < 1.29 is 9.72 Å². The number of urea groups is 1. The quantitative estimate of drug-likeness (QED) is 0.233. The number of hydrazine groups is 1. The number of amides is 2. The summed E-state index contributed by atoms with van der Waals surface area (Å²) in [7, 11) is 3.22. The molecule has 110 valence electrons. The summed E-state index contributed by atoms with van der Waals surface area (Å²) in [5, 5.41) is 16.2. The highest BCUT2D eigenvalue weighted by Crippen LogP contribution is 2.21. The molecule has 0 radical (unpaired) electrons. The van der Waals surface area contributed by atoms with Crippen LogP contribution in [-0.4, -0.2) is 53.0 Å². The molecule has 0 saturated carbocycles. The second-order valence-corrected chi connectivity index (χ2v) is 3.88. The molecule has 0 spiro atoms. The number of carbonyl (C=O) groups excluding carboxylic acids is 1. The van der Waals surface area contributed by atoms with Crippen LogP contribution < -0.4 is 21.9 Å². The maximum absolute atomic E-state index is 11.3. The molecule has 0 saturated heterocycles. The van der Waals surface area contributed by atoms with Crippen molar-refractivity contribution in [1.29, 1.82) is 0 Å². The highest BCUT2D eigenvalue weighted by molar-refractivity contribution is 5.73. The van der Waals surface area contributed by atoms with Gasteiger partial charge in [-0.25, -0.2) is 15.6 Å². The fourth-order valence-electron chi connectivity index (χ4n) is 1.22.